The highest BCUT2D eigenvalue weighted by atomic mass is 127. The van der Waals surface area contributed by atoms with Crippen LogP contribution in [-0.2, 0) is 0 Å². The van der Waals surface area contributed by atoms with Gasteiger partial charge in [0.15, 0.2) is 9.53 Å². The molecule has 1 fully saturated rings. The zero-order valence-electron chi connectivity index (χ0n) is 15.0. The second kappa shape index (κ2) is 7.64. The molecule has 29 heavy (non-hydrogen) atoms. The van der Waals surface area contributed by atoms with Crippen LogP contribution >= 0.6 is 33.9 Å². The Morgan fingerprint density at radius 3 is 2.72 bits per heavy atom. The van der Waals surface area contributed by atoms with Gasteiger partial charge in [-0.2, -0.15) is 15.2 Å². The SMILES string of the molecule is N#Cc1nc(-c2cccs2)oc1N1CCC(c2nc(-c3ccc(I)o3)no2)CC1. The number of anilines is 1. The standard InChI is InChI=1S/C19H14IN5O3S/c20-15-4-3-13(26-15)16-23-17(28-24-16)11-5-7-25(8-6-11)19-12(10-21)22-18(27-19)14-2-1-9-29-14/h1-4,9,11H,5-8H2. The molecular formula is C19H14IN5O3S. The van der Waals surface area contributed by atoms with Crippen molar-refractivity contribution in [3.8, 4) is 28.4 Å². The van der Waals surface area contributed by atoms with Crippen LogP contribution in [0.3, 0.4) is 0 Å². The zero-order chi connectivity index (χ0) is 19.8. The molecule has 146 valence electrons. The van der Waals surface area contributed by atoms with E-state index in [1.807, 2.05) is 29.6 Å². The van der Waals surface area contributed by atoms with Gasteiger partial charge >= 0.3 is 0 Å². The van der Waals surface area contributed by atoms with Crippen molar-refractivity contribution in [1.82, 2.24) is 15.1 Å². The van der Waals surface area contributed by atoms with Gasteiger partial charge in [0.05, 0.1) is 4.88 Å². The smallest absolute Gasteiger partial charge is 0.240 e. The fourth-order valence-corrected chi connectivity index (χ4v) is 4.44. The number of aromatic nitrogens is 3. The van der Waals surface area contributed by atoms with Gasteiger partial charge in [0, 0.05) is 19.0 Å². The second-order valence-corrected chi connectivity index (χ2v) is 8.59. The molecule has 5 heterocycles. The zero-order valence-corrected chi connectivity index (χ0v) is 18.0. The largest absolute Gasteiger partial charge is 0.447 e. The summed E-state index contributed by atoms with van der Waals surface area (Å²) in [5.74, 6) is 2.86. The lowest BCUT2D eigenvalue weighted by molar-refractivity contribution is 0.326. The summed E-state index contributed by atoms with van der Waals surface area (Å²) in [5.41, 5.74) is 0.319. The molecule has 0 atom stereocenters. The quantitative estimate of drug-likeness (QED) is 0.351. The van der Waals surface area contributed by atoms with Gasteiger partial charge in [-0.05, 0) is 59.0 Å². The third-order valence-electron chi connectivity index (χ3n) is 4.81. The number of oxazole rings is 1. The van der Waals surface area contributed by atoms with Crippen LogP contribution in [0.4, 0.5) is 5.88 Å². The predicted octanol–water partition coefficient (Wildman–Crippen LogP) is 4.91. The van der Waals surface area contributed by atoms with E-state index in [0.717, 1.165) is 34.6 Å². The van der Waals surface area contributed by atoms with Crippen molar-refractivity contribution < 1.29 is 13.4 Å². The van der Waals surface area contributed by atoms with E-state index in [9.17, 15) is 5.26 Å². The Bertz CT molecular complexity index is 1170. The Balaban J connectivity index is 1.30. The number of hydrogen-bond donors (Lipinski definition) is 0. The molecular weight excluding hydrogens is 505 g/mol. The number of thiophene rings is 1. The lowest BCUT2D eigenvalue weighted by atomic mass is 9.97. The minimum atomic E-state index is 0.159. The van der Waals surface area contributed by atoms with Crippen molar-refractivity contribution in [3.05, 3.63) is 45.0 Å². The number of halogens is 1. The van der Waals surface area contributed by atoms with Crippen LogP contribution in [0.15, 0.2) is 43.0 Å². The van der Waals surface area contributed by atoms with E-state index >= 15 is 0 Å². The monoisotopic (exact) mass is 519 g/mol. The molecule has 0 aromatic carbocycles. The fraction of sp³-hybridized carbons (Fsp3) is 0.263. The molecule has 8 nitrogen and oxygen atoms in total. The van der Waals surface area contributed by atoms with Gasteiger partial charge in [-0.15, -0.1) is 11.3 Å². The Hall–Kier alpha value is -2.65. The van der Waals surface area contributed by atoms with Gasteiger partial charge in [-0.3, -0.25) is 0 Å². The van der Waals surface area contributed by atoms with Crippen LogP contribution in [0.1, 0.15) is 30.3 Å². The predicted molar refractivity (Wildman–Crippen MR) is 113 cm³/mol. The van der Waals surface area contributed by atoms with Gasteiger partial charge in [0.2, 0.25) is 29.2 Å². The molecule has 0 amide bonds. The molecule has 1 aliphatic rings. The maximum Gasteiger partial charge on any atom is 0.240 e. The molecule has 4 aromatic heterocycles. The highest BCUT2D eigenvalue weighted by molar-refractivity contribution is 14.1. The molecule has 0 saturated carbocycles. The van der Waals surface area contributed by atoms with Crippen molar-refractivity contribution in [2.45, 2.75) is 18.8 Å². The Morgan fingerprint density at radius 1 is 1.17 bits per heavy atom. The third-order valence-corrected chi connectivity index (χ3v) is 6.25. The molecule has 5 rings (SSSR count). The van der Waals surface area contributed by atoms with Crippen LogP contribution in [0.25, 0.3) is 22.4 Å². The maximum absolute atomic E-state index is 9.46. The average Bonchev–Trinajstić information content (AvgIpc) is 3.54. The summed E-state index contributed by atoms with van der Waals surface area (Å²) >= 11 is 3.64. The van der Waals surface area contributed by atoms with Crippen molar-refractivity contribution in [2.75, 3.05) is 18.0 Å². The Labute approximate surface area is 183 Å². The highest BCUT2D eigenvalue weighted by Crippen LogP contribution is 2.35. The first-order valence-electron chi connectivity index (χ1n) is 9.00. The van der Waals surface area contributed by atoms with Gasteiger partial charge in [-0.1, -0.05) is 11.2 Å². The number of hydrogen-bond acceptors (Lipinski definition) is 9. The number of rotatable bonds is 4. The van der Waals surface area contributed by atoms with E-state index in [2.05, 4.69) is 48.7 Å². The van der Waals surface area contributed by atoms with E-state index < -0.39 is 0 Å². The fourth-order valence-electron chi connectivity index (χ4n) is 3.37. The lowest BCUT2D eigenvalue weighted by Gasteiger charge is -2.29. The maximum atomic E-state index is 9.46. The second-order valence-electron chi connectivity index (χ2n) is 6.58. The van der Waals surface area contributed by atoms with E-state index in [4.69, 9.17) is 13.4 Å². The van der Waals surface area contributed by atoms with Gasteiger partial charge in [-0.25, -0.2) is 0 Å². The lowest BCUT2D eigenvalue weighted by Crippen LogP contribution is -2.33. The molecule has 0 aliphatic carbocycles. The summed E-state index contributed by atoms with van der Waals surface area (Å²) in [6.45, 7) is 1.43. The van der Waals surface area contributed by atoms with Crippen molar-refractivity contribution in [3.63, 3.8) is 0 Å². The van der Waals surface area contributed by atoms with Crippen LogP contribution in [0, 0.1) is 15.1 Å². The summed E-state index contributed by atoms with van der Waals surface area (Å²) in [6, 6.07) is 9.70. The molecule has 0 bridgehead atoms. The van der Waals surface area contributed by atoms with Gasteiger partial charge in [0.25, 0.3) is 0 Å². The van der Waals surface area contributed by atoms with E-state index in [0.29, 0.717) is 34.9 Å². The van der Waals surface area contributed by atoms with Crippen LogP contribution < -0.4 is 4.90 Å². The first kappa shape index (κ1) is 18.4. The molecule has 0 spiro atoms. The minimum Gasteiger partial charge on any atom is -0.447 e. The number of nitrogens with zero attached hydrogens (tertiary/aromatic N) is 5. The molecule has 0 unspecified atom stereocenters. The first-order valence-corrected chi connectivity index (χ1v) is 11.0. The molecule has 0 radical (unpaired) electrons. The normalized spacial score (nSPS) is 15.0. The molecule has 1 aliphatic heterocycles. The van der Waals surface area contributed by atoms with Crippen molar-refractivity contribution in [2.24, 2.45) is 0 Å². The number of furan rings is 1. The Kier molecular flexibility index (Phi) is 4.84. The summed E-state index contributed by atoms with van der Waals surface area (Å²) in [6.07, 6.45) is 1.63. The van der Waals surface area contributed by atoms with Gasteiger partial charge in [0.1, 0.15) is 6.07 Å². The van der Waals surface area contributed by atoms with Crippen LogP contribution in [-0.4, -0.2) is 28.2 Å². The summed E-state index contributed by atoms with van der Waals surface area (Å²) < 4.78 is 17.7. The van der Waals surface area contributed by atoms with Crippen molar-refractivity contribution >= 4 is 39.8 Å². The molecule has 10 heteroatoms. The van der Waals surface area contributed by atoms with E-state index in [-0.39, 0.29) is 5.92 Å². The van der Waals surface area contributed by atoms with E-state index in [1.165, 1.54) is 11.3 Å². The molecule has 0 N–H and O–H groups in total. The van der Waals surface area contributed by atoms with Crippen LogP contribution in [0.2, 0.25) is 0 Å². The topological polar surface area (TPSA) is 105 Å². The summed E-state index contributed by atoms with van der Waals surface area (Å²) in [5, 5.41) is 15.5. The summed E-state index contributed by atoms with van der Waals surface area (Å²) in [4.78, 5) is 11.8. The van der Waals surface area contributed by atoms with Crippen LogP contribution in [0.5, 0.6) is 0 Å². The summed E-state index contributed by atoms with van der Waals surface area (Å²) in [7, 11) is 0. The van der Waals surface area contributed by atoms with Crippen molar-refractivity contribution in [1.29, 1.82) is 5.26 Å². The van der Waals surface area contributed by atoms with E-state index in [1.54, 1.807) is 0 Å². The number of piperidine rings is 1. The average molecular weight is 519 g/mol. The third kappa shape index (κ3) is 3.56. The number of nitriles is 1. The molecule has 1 saturated heterocycles. The first-order chi connectivity index (χ1) is 14.2. The molecule has 4 aromatic rings. The highest BCUT2D eigenvalue weighted by Gasteiger charge is 2.29. The minimum absolute atomic E-state index is 0.159. The van der Waals surface area contributed by atoms with Gasteiger partial charge < -0.3 is 18.3 Å². The Morgan fingerprint density at radius 2 is 2.03 bits per heavy atom.